The number of likely N-dealkylation sites (N-methyl/N-ethyl adjacent to an activating group) is 1. The van der Waals surface area contributed by atoms with Crippen LogP contribution in [0.2, 0.25) is 0 Å². The number of carboxylic acid groups (broad SMARTS) is 3. The first-order valence-corrected chi connectivity index (χ1v) is 9.06. The van der Waals surface area contributed by atoms with Crippen molar-refractivity contribution in [3.8, 4) is 0 Å². The lowest BCUT2D eigenvalue weighted by molar-refractivity contribution is -0.172. The SMILES string of the molecule is CN(CC(=O)N1CC(O)C(O)C(O)C1CO)C(N)=NC(C(=O)O)C(O)(CC(=O)O)C(=O)O. The van der Waals surface area contributed by atoms with Crippen molar-refractivity contribution in [3.63, 3.8) is 0 Å². The summed E-state index contributed by atoms with van der Waals surface area (Å²) in [6.07, 6.45) is -6.31. The monoisotopic (exact) mass is 466 g/mol. The molecule has 10 N–H and O–H groups in total. The highest BCUT2D eigenvalue weighted by Gasteiger charge is 2.51. The Bertz CT molecular complexity index is 776. The van der Waals surface area contributed by atoms with Crippen molar-refractivity contribution in [1.29, 1.82) is 0 Å². The number of guanidine groups is 1. The lowest BCUT2D eigenvalue weighted by atomic mass is 9.91. The molecule has 182 valence electrons. The van der Waals surface area contributed by atoms with Crippen molar-refractivity contribution in [2.75, 3.05) is 26.7 Å². The van der Waals surface area contributed by atoms with Gasteiger partial charge in [0.25, 0.3) is 0 Å². The van der Waals surface area contributed by atoms with Crippen LogP contribution in [-0.4, -0.2) is 143 Å². The van der Waals surface area contributed by atoms with Crippen molar-refractivity contribution >= 4 is 29.8 Å². The standard InChI is InChI=1S/C16H26N4O12/c1-19(4-8(23)20-3-7(22)11(27)10(26)6(20)5-21)15(17)18-12(13(28)29)16(32,14(30)31)2-9(24)25/h6-7,10-12,21-22,26-27,32H,2-5H2,1H3,(H2,17,18)(H,24,25)(H,28,29)(H,30,31). The summed E-state index contributed by atoms with van der Waals surface area (Å²) >= 11 is 0. The first-order valence-electron chi connectivity index (χ1n) is 9.06. The molecule has 6 atom stereocenters. The predicted molar refractivity (Wildman–Crippen MR) is 101 cm³/mol. The molecule has 16 nitrogen and oxygen atoms in total. The largest absolute Gasteiger partial charge is 0.481 e. The number of nitrogens with two attached hydrogens (primary N) is 1. The van der Waals surface area contributed by atoms with Crippen LogP contribution in [0.25, 0.3) is 0 Å². The van der Waals surface area contributed by atoms with Crippen LogP contribution in [0.5, 0.6) is 0 Å². The van der Waals surface area contributed by atoms with E-state index in [1.54, 1.807) is 0 Å². The zero-order valence-electron chi connectivity index (χ0n) is 16.8. The van der Waals surface area contributed by atoms with Crippen molar-refractivity contribution in [2.24, 2.45) is 10.7 Å². The Labute approximate surface area is 180 Å². The van der Waals surface area contributed by atoms with Crippen LogP contribution in [0, 0.1) is 0 Å². The fraction of sp³-hybridized carbons (Fsp3) is 0.688. The molecule has 1 saturated heterocycles. The summed E-state index contributed by atoms with van der Waals surface area (Å²) in [5.41, 5.74) is 2.25. The Morgan fingerprint density at radius 2 is 1.72 bits per heavy atom. The number of amides is 1. The molecule has 1 aliphatic rings. The van der Waals surface area contributed by atoms with Gasteiger partial charge in [0, 0.05) is 13.6 Å². The van der Waals surface area contributed by atoms with Crippen molar-refractivity contribution in [1.82, 2.24) is 9.80 Å². The number of piperidine rings is 1. The van der Waals surface area contributed by atoms with E-state index in [0.29, 0.717) is 0 Å². The number of hydrogen-bond donors (Lipinski definition) is 9. The molecule has 0 spiro atoms. The summed E-state index contributed by atoms with van der Waals surface area (Å²) in [5.74, 6) is -7.60. The molecule has 0 bridgehead atoms. The maximum absolute atomic E-state index is 12.6. The van der Waals surface area contributed by atoms with Gasteiger partial charge in [-0.25, -0.2) is 14.6 Å². The lowest BCUT2D eigenvalue weighted by Crippen LogP contribution is -2.65. The highest BCUT2D eigenvalue weighted by atomic mass is 16.4. The molecule has 1 amide bonds. The summed E-state index contributed by atoms with van der Waals surface area (Å²) in [7, 11) is 1.13. The Hall–Kier alpha value is -3.05. The molecule has 0 radical (unpaired) electrons. The second-order valence-electron chi connectivity index (χ2n) is 7.23. The molecule has 0 aromatic rings. The molecular formula is C16H26N4O12. The normalized spacial score (nSPS) is 26.7. The zero-order valence-corrected chi connectivity index (χ0v) is 16.8. The summed E-state index contributed by atoms with van der Waals surface area (Å²) in [6, 6.07) is -3.82. The second-order valence-corrected chi connectivity index (χ2v) is 7.23. The summed E-state index contributed by atoms with van der Waals surface area (Å²) in [5, 5.41) is 76.2. The average molecular weight is 466 g/mol. The minimum atomic E-state index is -3.35. The number of rotatable bonds is 9. The summed E-state index contributed by atoms with van der Waals surface area (Å²) < 4.78 is 0. The number of aliphatic hydroxyl groups excluding tert-OH is 4. The van der Waals surface area contributed by atoms with E-state index in [2.05, 4.69) is 4.99 Å². The molecule has 1 heterocycles. The van der Waals surface area contributed by atoms with Gasteiger partial charge < -0.3 is 56.4 Å². The average Bonchev–Trinajstić information content (AvgIpc) is 2.68. The number of aliphatic hydroxyl groups is 5. The first-order chi connectivity index (χ1) is 14.7. The van der Waals surface area contributed by atoms with Crippen LogP contribution in [0.1, 0.15) is 6.42 Å². The molecule has 0 aliphatic carbocycles. The van der Waals surface area contributed by atoms with Crippen molar-refractivity contribution in [2.45, 2.75) is 42.4 Å². The Balaban J connectivity index is 3.11. The second kappa shape index (κ2) is 10.5. The number of β-amino-alcohol motifs (C(OH)–C–C–N with tert-alkyl or cyclic N) is 1. The van der Waals surface area contributed by atoms with E-state index >= 15 is 0 Å². The third-order valence-corrected chi connectivity index (χ3v) is 4.93. The van der Waals surface area contributed by atoms with Gasteiger partial charge in [-0.15, -0.1) is 0 Å². The molecule has 0 saturated carbocycles. The molecule has 32 heavy (non-hydrogen) atoms. The van der Waals surface area contributed by atoms with E-state index in [0.717, 1.165) is 16.8 Å². The number of aliphatic carboxylic acids is 3. The Morgan fingerprint density at radius 1 is 1.16 bits per heavy atom. The van der Waals surface area contributed by atoms with Crippen LogP contribution in [-0.2, 0) is 19.2 Å². The number of aliphatic imine (C=N–C) groups is 1. The maximum Gasteiger partial charge on any atom is 0.339 e. The van der Waals surface area contributed by atoms with Crippen LogP contribution in [0.4, 0.5) is 0 Å². The van der Waals surface area contributed by atoms with Gasteiger partial charge >= 0.3 is 17.9 Å². The molecule has 1 aliphatic heterocycles. The molecule has 0 aromatic heterocycles. The van der Waals surface area contributed by atoms with Gasteiger partial charge in [-0.05, 0) is 0 Å². The van der Waals surface area contributed by atoms with Gasteiger partial charge in [-0.3, -0.25) is 9.59 Å². The topological polar surface area (TPSA) is 275 Å². The highest BCUT2D eigenvalue weighted by Crippen LogP contribution is 2.21. The van der Waals surface area contributed by atoms with Crippen molar-refractivity contribution in [3.05, 3.63) is 0 Å². The Kier molecular flexibility index (Phi) is 8.86. The van der Waals surface area contributed by atoms with E-state index in [-0.39, 0.29) is 0 Å². The third-order valence-electron chi connectivity index (χ3n) is 4.93. The van der Waals surface area contributed by atoms with Gasteiger partial charge in [0.1, 0.15) is 18.3 Å². The number of carboxylic acids is 3. The van der Waals surface area contributed by atoms with E-state index in [1.165, 1.54) is 0 Å². The quantitative estimate of drug-likeness (QED) is 0.113. The molecular weight excluding hydrogens is 440 g/mol. The van der Waals surface area contributed by atoms with Crippen LogP contribution in [0.15, 0.2) is 4.99 Å². The number of likely N-dealkylation sites (tertiary alicyclic amines) is 1. The van der Waals surface area contributed by atoms with Crippen LogP contribution in [0.3, 0.4) is 0 Å². The van der Waals surface area contributed by atoms with E-state index in [1.807, 2.05) is 0 Å². The number of nitrogens with zero attached hydrogens (tertiary/aromatic N) is 3. The molecule has 6 unspecified atom stereocenters. The zero-order chi connectivity index (χ0) is 25.0. The van der Waals surface area contributed by atoms with Gasteiger partial charge in [0.05, 0.1) is 25.6 Å². The van der Waals surface area contributed by atoms with E-state index in [9.17, 15) is 49.8 Å². The Morgan fingerprint density at radius 3 is 2.16 bits per heavy atom. The van der Waals surface area contributed by atoms with E-state index in [4.69, 9.17) is 15.9 Å². The van der Waals surface area contributed by atoms with Gasteiger partial charge in [0.15, 0.2) is 12.0 Å². The number of carbonyl (C=O) groups is 4. The molecule has 0 aromatic carbocycles. The fourth-order valence-electron chi connectivity index (χ4n) is 3.07. The van der Waals surface area contributed by atoms with Crippen molar-refractivity contribution < 1.29 is 60.0 Å². The van der Waals surface area contributed by atoms with Gasteiger partial charge in [0.2, 0.25) is 11.5 Å². The maximum atomic E-state index is 12.6. The van der Waals surface area contributed by atoms with Crippen LogP contribution < -0.4 is 5.73 Å². The highest BCUT2D eigenvalue weighted by molar-refractivity contribution is 5.94. The first kappa shape index (κ1) is 27.0. The fourth-order valence-corrected chi connectivity index (χ4v) is 3.07. The number of carbonyl (C=O) groups excluding carboxylic acids is 1. The molecule has 1 rings (SSSR count). The minimum absolute atomic E-state index is 0.456. The van der Waals surface area contributed by atoms with E-state index < -0.39 is 91.9 Å². The minimum Gasteiger partial charge on any atom is -0.481 e. The number of hydrogen-bond acceptors (Lipinski definition) is 10. The lowest BCUT2D eigenvalue weighted by Gasteiger charge is -2.43. The molecule has 16 heteroatoms. The summed E-state index contributed by atoms with van der Waals surface area (Å²) in [6.45, 7) is -1.88. The van der Waals surface area contributed by atoms with Gasteiger partial charge in [-0.1, -0.05) is 0 Å². The van der Waals surface area contributed by atoms with Crippen LogP contribution >= 0.6 is 0 Å². The molecule has 1 fully saturated rings. The smallest absolute Gasteiger partial charge is 0.339 e. The van der Waals surface area contributed by atoms with Gasteiger partial charge in [-0.2, -0.15) is 0 Å². The predicted octanol–water partition coefficient (Wildman–Crippen LogP) is -5.74. The summed E-state index contributed by atoms with van der Waals surface area (Å²) in [4.78, 5) is 51.3. The third kappa shape index (κ3) is 5.80.